The number of methoxy groups -OCH3 is 1. The van der Waals surface area contributed by atoms with Crippen LogP contribution in [0.4, 0.5) is 10.1 Å². The van der Waals surface area contributed by atoms with E-state index >= 15 is 0 Å². The first kappa shape index (κ1) is 18.6. The van der Waals surface area contributed by atoms with Crippen molar-refractivity contribution in [2.75, 3.05) is 57.9 Å². The van der Waals surface area contributed by atoms with Crippen LogP contribution in [0.25, 0.3) is 0 Å². The van der Waals surface area contributed by atoms with Gasteiger partial charge in [0.1, 0.15) is 5.82 Å². The van der Waals surface area contributed by atoms with E-state index in [1.165, 1.54) is 12.1 Å². The average molecular weight is 363 g/mol. The van der Waals surface area contributed by atoms with E-state index < -0.39 is 0 Å². The Morgan fingerprint density at radius 3 is 2.69 bits per heavy atom. The predicted octanol–water partition coefficient (Wildman–Crippen LogP) is 1.36. The molecule has 3 rings (SSSR count). The Kier molecular flexibility index (Phi) is 6.08. The maximum absolute atomic E-state index is 13.1. The monoisotopic (exact) mass is 363 g/mol. The number of halogens is 1. The normalized spacial score (nSPS) is 21.2. The smallest absolute Gasteiger partial charge is 0.228 e. The van der Waals surface area contributed by atoms with E-state index in [9.17, 15) is 14.0 Å². The minimum atomic E-state index is -0.253. The lowest BCUT2D eigenvalue weighted by Crippen LogP contribution is -2.40. The Balaban J connectivity index is 1.56. The van der Waals surface area contributed by atoms with Gasteiger partial charge < -0.3 is 19.4 Å². The molecule has 0 saturated carbocycles. The summed E-state index contributed by atoms with van der Waals surface area (Å²) in [5.41, 5.74) is 0.975. The maximum atomic E-state index is 13.1. The molecule has 142 valence electrons. The number of hydrogen-bond acceptors (Lipinski definition) is 4. The van der Waals surface area contributed by atoms with Gasteiger partial charge in [0.05, 0.1) is 12.5 Å². The molecule has 26 heavy (non-hydrogen) atoms. The fourth-order valence-corrected chi connectivity index (χ4v) is 3.66. The second-order valence-corrected chi connectivity index (χ2v) is 6.88. The third-order valence-electron chi connectivity index (χ3n) is 5.13. The van der Waals surface area contributed by atoms with Crippen LogP contribution in [0.2, 0.25) is 0 Å². The van der Waals surface area contributed by atoms with Crippen LogP contribution in [0.1, 0.15) is 12.8 Å². The van der Waals surface area contributed by atoms with Crippen molar-refractivity contribution in [2.24, 2.45) is 5.92 Å². The number of nitrogens with zero attached hydrogens (tertiary/aromatic N) is 3. The molecule has 1 aromatic rings. The summed E-state index contributed by atoms with van der Waals surface area (Å²) in [6.45, 7) is 4.38. The molecule has 0 aromatic heterocycles. The lowest BCUT2D eigenvalue weighted by molar-refractivity contribution is -0.135. The molecule has 1 atom stereocenters. The number of carbonyl (C=O) groups excluding carboxylic acids is 2. The molecule has 2 fully saturated rings. The highest BCUT2D eigenvalue weighted by molar-refractivity contribution is 5.89. The molecular formula is C19H26FN3O3. The molecule has 2 aliphatic rings. The topological polar surface area (TPSA) is 53.1 Å². The van der Waals surface area contributed by atoms with E-state index in [0.717, 1.165) is 18.7 Å². The van der Waals surface area contributed by atoms with E-state index in [1.54, 1.807) is 24.1 Å². The molecule has 2 heterocycles. The summed E-state index contributed by atoms with van der Waals surface area (Å²) >= 11 is 0. The molecule has 1 unspecified atom stereocenters. The summed E-state index contributed by atoms with van der Waals surface area (Å²) in [5, 5.41) is 0. The van der Waals surface area contributed by atoms with Gasteiger partial charge in [0.2, 0.25) is 11.8 Å². The minimum absolute atomic E-state index is 0.0307. The van der Waals surface area contributed by atoms with Crippen molar-refractivity contribution in [2.45, 2.75) is 12.8 Å². The third kappa shape index (κ3) is 4.33. The van der Waals surface area contributed by atoms with Crippen LogP contribution in [0.5, 0.6) is 0 Å². The van der Waals surface area contributed by atoms with Crippen LogP contribution in [-0.2, 0) is 14.3 Å². The number of amides is 2. The Morgan fingerprint density at radius 2 is 1.96 bits per heavy atom. The number of anilines is 1. The van der Waals surface area contributed by atoms with Gasteiger partial charge in [0.25, 0.3) is 0 Å². The highest BCUT2D eigenvalue weighted by Gasteiger charge is 2.36. The van der Waals surface area contributed by atoms with E-state index in [2.05, 4.69) is 4.90 Å². The number of ether oxygens (including phenoxy) is 1. The number of carbonyl (C=O) groups is 2. The summed E-state index contributed by atoms with van der Waals surface area (Å²) in [6, 6.07) is 6.47. The highest BCUT2D eigenvalue weighted by Crippen LogP contribution is 2.22. The first-order chi connectivity index (χ1) is 12.6. The Bertz CT molecular complexity index is 637. The number of rotatable bonds is 5. The van der Waals surface area contributed by atoms with Gasteiger partial charge in [0, 0.05) is 58.5 Å². The highest BCUT2D eigenvalue weighted by atomic mass is 19.1. The van der Waals surface area contributed by atoms with Gasteiger partial charge in [-0.25, -0.2) is 4.39 Å². The van der Waals surface area contributed by atoms with Crippen LogP contribution in [0, 0.1) is 11.7 Å². The predicted molar refractivity (Wildman–Crippen MR) is 96.4 cm³/mol. The molecule has 1 aromatic carbocycles. The molecule has 2 amide bonds. The van der Waals surface area contributed by atoms with Crippen LogP contribution in [0.15, 0.2) is 24.3 Å². The van der Waals surface area contributed by atoms with Crippen molar-refractivity contribution in [3.63, 3.8) is 0 Å². The summed E-state index contributed by atoms with van der Waals surface area (Å²) in [5.74, 6) is -0.400. The van der Waals surface area contributed by atoms with Gasteiger partial charge in [-0.1, -0.05) is 0 Å². The lowest BCUT2D eigenvalue weighted by atomic mass is 10.1. The first-order valence-electron chi connectivity index (χ1n) is 9.14. The van der Waals surface area contributed by atoms with Gasteiger partial charge in [-0.05, 0) is 30.7 Å². The SMILES string of the molecule is COCCN1CC(C(=O)N2CCCN(c3ccc(F)cc3)CC2)CC1=O. The molecular weight excluding hydrogens is 337 g/mol. The van der Waals surface area contributed by atoms with Crippen molar-refractivity contribution < 1.29 is 18.7 Å². The zero-order valence-electron chi connectivity index (χ0n) is 15.2. The average Bonchev–Trinajstić information content (AvgIpc) is 2.85. The van der Waals surface area contributed by atoms with Crippen molar-refractivity contribution in [1.82, 2.24) is 9.80 Å². The largest absolute Gasteiger partial charge is 0.383 e. The van der Waals surface area contributed by atoms with E-state index in [0.29, 0.717) is 45.8 Å². The van der Waals surface area contributed by atoms with Crippen LogP contribution < -0.4 is 4.90 Å². The van der Waals surface area contributed by atoms with Crippen LogP contribution >= 0.6 is 0 Å². The van der Waals surface area contributed by atoms with Gasteiger partial charge in [0.15, 0.2) is 0 Å². The van der Waals surface area contributed by atoms with Crippen LogP contribution in [0.3, 0.4) is 0 Å². The van der Waals surface area contributed by atoms with Gasteiger partial charge in [-0.2, -0.15) is 0 Å². The Morgan fingerprint density at radius 1 is 1.19 bits per heavy atom. The summed E-state index contributed by atoms with van der Waals surface area (Å²) < 4.78 is 18.1. The van der Waals surface area contributed by atoms with Gasteiger partial charge in [-0.3, -0.25) is 9.59 Å². The summed E-state index contributed by atoms with van der Waals surface area (Å²) in [4.78, 5) is 30.7. The van der Waals surface area contributed by atoms with E-state index in [4.69, 9.17) is 4.74 Å². The van der Waals surface area contributed by atoms with Gasteiger partial charge >= 0.3 is 0 Å². The molecule has 0 spiro atoms. The fourth-order valence-electron chi connectivity index (χ4n) is 3.66. The van der Waals surface area contributed by atoms with E-state index in [-0.39, 0.29) is 23.5 Å². The summed E-state index contributed by atoms with van der Waals surface area (Å²) in [6.07, 6.45) is 1.15. The maximum Gasteiger partial charge on any atom is 0.228 e. The Hall–Kier alpha value is -2.15. The lowest BCUT2D eigenvalue weighted by Gasteiger charge is -2.25. The molecule has 0 N–H and O–H groups in total. The van der Waals surface area contributed by atoms with Crippen molar-refractivity contribution in [3.8, 4) is 0 Å². The van der Waals surface area contributed by atoms with Crippen molar-refractivity contribution >= 4 is 17.5 Å². The second-order valence-electron chi connectivity index (χ2n) is 6.88. The molecule has 6 nitrogen and oxygen atoms in total. The number of hydrogen-bond donors (Lipinski definition) is 0. The van der Waals surface area contributed by atoms with Crippen molar-refractivity contribution in [1.29, 1.82) is 0 Å². The molecule has 7 heteroatoms. The molecule has 0 aliphatic carbocycles. The standard InChI is InChI=1S/C19H26FN3O3/c1-26-12-11-23-14-15(13-18(23)24)19(25)22-8-2-7-21(9-10-22)17-5-3-16(20)4-6-17/h3-6,15H,2,7-14H2,1H3. The van der Waals surface area contributed by atoms with Gasteiger partial charge in [-0.15, -0.1) is 0 Å². The Labute approximate surface area is 153 Å². The zero-order valence-corrected chi connectivity index (χ0v) is 15.2. The number of likely N-dealkylation sites (tertiary alicyclic amines) is 1. The van der Waals surface area contributed by atoms with Crippen LogP contribution in [-0.4, -0.2) is 74.6 Å². The fraction of sp³-hybridized carbons (Fsp3) is 0.579. The molecule has 2 aliphatic heterocycles. The molecule has 0 bridgehead atoms. The third-order valence-corrected chi connectivity index (χ3v) is 5.13. The quantitative estimate of drug-likeness (QED) is 0.793. The van der Waals surface area contributed by atoms with Crippen molar-refractivity contribution in [3.05, 3.63) is 30.1 Å². The molecule has 0 radical (unpaired) electrons. The summed E-state index contributed by atoms with van der Waals surface area (Å²) in [7, 11) is 1.60. The minimum Gasteiger partial charge on any atom is -0.383 e. The first-order valence-corrected chi connectivity index (χ1v) is 9.14. The second kappa shape index (κ2) is 8.49. The number of benzene rings is 1. The molecule has 2 saturated heterocycles. The van der Waals surface area contributed by atoms with E-state index in [1.807, 2.05) is 4.90 Å². The zero-order chi connectivity index (χ0) is 18.5.